The molecule has 4 heteroatoms. The first kappa shape index (κ1) is 14.5. The van der Waals surface area contributed by atoms with Gasteiger partial charge in [-0.25, -0.2) is 0 Å². The molecule has 114 valence electrons. The second-order valence-corrected chi connectivity index (χ2v) is 6.25. The number of aliphatic hydroxyl groups excluding tert-OH is 1. The van der Waals surface area contributed by atoms with Crippen molar-refractivity contribution in [2.75, 3.05) is 19.6 Å². The van der Waals surface area contributed by atoms with Gasteiger partial charge < -0.3 is 15.3 Å². The summed E-state index contributed by atoms with van der Waals surface area (Å²) in [6, 6.07) is 9.59. The monoisotopic (exact) mass is 288 g/mol. The number of aliphatic hydroxyl groups is 1. The minimum atomic E-state index is -1.02. The minimum absolute atomic E-state index is 0.130. The van der Waals surface area contributed by atoms with Crippen LogP contribution >= 0.6 is 0 Å². The third kappa shape index (κ3) is 3.63. The summed E-state index contributed by atoms with van der Waals surface area (Å²) in [7, 11) is 0. The van der Waals surface area contributed by atoms with Gasteiger partial charge in [0.05, 0.1) is 0 Å². The normalized spacial score (nSPS) is 23.6. The largest absolute Gasteiger partial charge is 0.378 e. The summed E-state index contributed by atoms with van der Waals surface area (Å²) >= 11 is 0. The summed E-state index contributed by atoms with van der Waals surface area (Å²) in [5, 5.41) is 13.8. The number of benzene rings is 1. The highest BCUT2D eigenvalue weighted by Gasteiger charge is 2.37. The molecule has 1 saturated heterocycles. The predicted molar refractivity (Wildman–Crippen MR) is 81.7 cm³/mol. The van der Waals surface area contributed by atoms with Gasteiger partial charge in [0, 0.05) is 12.6 Å². The average molecular weight is 288 g/mol. The maximum Gasteiger partial charge on any atom is 0.256 e. The van der Waals surface area contributed by atoms with E-state index in [1.807, 2.05) is 35.2 Å². The van der Waals surface area contributed by atoms with Gasteiger partial charge in [0.25, 0.3) is 5.91 Å². The van der Waals surface area contributed by atoms with Crippen LogP contribution in [0.1, 0.15) is 37.4 Å². The van der Waals surface area contributed by atoms with Crippen LogP contribution in [0.2, 0.25) is 0 Å². The molecule has 4 nitrogen and oxygen atoms in total. The van der Waals surface area contributed by atoms with E-state index in [1.165, 1.54) is 12.8 Å². The van der Waals surface area contributed by atoms with Crippen molar-refractivity contribution < 1.29 is 9.90 Å². The Labute approximate surface area is 126 Å². The van der Waals surface area contributed by atoms with Gasteiger partial charge in [-0.1, -0.05) is 30.3 Å². The molecule has 2 fully saturated rings. The van der Waals surface area contributed by atoms with Crippen molar-refractivity contribution in [3.05, 3.63) is 35.9 Å². The van der Waals surface area contributed by atoms with Gasteiger partial charge >= 0.3 is 0 Å². The van der Waals surface area contributed by atoms with Crippen molar-refractivity contribution in [3.63, 3.8) is 0 Å². The number of piperidine rings is 1. The summed E-state index contributed by atoms with van der Waals surface area (Å²) in [5.74, 6) is 0.389. The number of carbonyl (C=O) groups excluding carboxylic acids is 1. The van der Waals surface area contributed by atoms with Gasteiger partial charge in [0.15, 0.2) is 6.10 Å². The smallest absolute Gasteiger partial charge is 0.256 e. The van der Waals surface area contributed by atoms with Crippen LogP contribution in [0, 0.1) is 5.92 Å². The van der Waals surface area contributed by atoms with Gasteiger partial charge in [-0.2, -0.15) is 0 Å². The van der Waals surface area contributed by atoms with Gasteiger partial charge in [-0.15, -0.1) is 0 Å². The van der Waals surface area contributed by atoms with Gasteiger partial charge in [0.2, 0.25) is 0 Å². The number of hydrogen-bond acceptors (Lipinski definition) is 3. The van der Waals surface area contributed by atoms with E-state index in [1.54, 1.807) is 0 Å². The quantitative estimate of drug-likeness (QED) is 0.867. The van der Waals surface area contributed by atoms with Crippen LogP contribution in [0.15, 0.2) is 30.3 Å². The molecular formula is C17H24N2O2. The Morgan fingerprint density at radius 1 is 1.29 bits per heavy atom. The minimum Gasteiger partial charge on any atom is -0.378 e. The van der Waals surface area contributed by atoms with Crippen LogP contribution < -0.4 is 5.32 Å². The van der Waals surface area contributed by atoms with Gasteiger partial charge in [-0.3, -0.25) is 4.79 Å². The van der Waals surface area contributed by atoms with E-state index < -0.39 is 6.10 Å². The lowest BCUT2D eigenvalue weighted by atomic mass is 9.98. The number of carbonyl (C=O) groups is 1. The molecule has 1 amide bonds. The van der Waals surface area contributed by atoms with Crippen molar-refractivity contribution in [2.24, 2.45) is 5.92 Å². The molecule has 1 aromatic carbocycles. The Balaban J connectivity index is 1.66. The van der Waals surface area contributed by atoms with E-state index in [0.717, 1.165) is 32.5 Å². The molecule has 2 N–H and O–H groups in total. The first-order valence-corrected chi connectivity index (χ1v) is 8.00. The predicted octanol–water partition coefficient (Wildman–Crippen LogP) is 1.71. The highest BCUT2D eigenvalue weighted by molar-refractivity contribution is 5.82. The zero-order valence-electron chi connectivity index (χ0n) is 12.4. The summed E-state index contributed by atoms with van der Waals surface area (Å²) in [5.41, 5.74) is 0.690. The zero-order valence-corrected chi connectivity index (χ0v) is 12.4. The molecule has 2 aliphatic rings. The molecule has 2 atom stereocenters. The van der Waals surface area contributed by atoms with Crippen LogP contribution in [0.3, 0.4) is 0 Å². The van der Waals surface area contributed by atoms with Crippen LogP contribution in [-0.4, -0.2) is 41.6 Å². The molecule has 0 radical (unpaired) electrons. The lowest BCUT2D eigenvalue weighted by Gasteiger charge is -2.31. The van der Waals surface area contributed by atoms with Crippen molar-refractivity contribution >= 4 is 5.91 Å². The van der Waals surface area contributed by atoms with Crippen molar-refractivity contribution in [2.45, 2.75) is 37.8 Å². The van der Waals surface area contributed by atoms with Crippen molar-refractivity contribution in [3.8, 4) is 0 Å². The fraction of sp³-hybridized carbons (Fsp3) is 0.588. The third-order valence-electron chi connectivity index (χ3n) is 4.47. The van der Waals surface area contributed by atoms with E-state index in [4.69, 9.17) is 0 Å². The third-order valence-corrected chi connectivity index (χ3v) is 4.47. The standard InChI is InChI=1S/C17H24N2O2/c20-16(14-6-2-1-3-7-14)17(21)19(15-8-9-15)12-13-5-4-10-18-11-13/h1-3,6-7,13,15-16,18,20H,4-5,8-12H2. The Morgan fingerprint density at radius 3 is 2.67 bits per heavy atom. The topological polar surface area (TPSA) is 52.6 Å². The molecule has 1 aliphatic carbocycles. The fourth-order valence-electron chi connectivity index (χ4n) is 3.10. The molecule has 3 rings (SSSR count). The molecule has 1 saturated carbocycles. The van der Waals surface area contributed by atoms with E-state index in [-0.39, 0.29) is 5.91 Å². The van der Waals surface area contributed by atoms with Crippen LogP contribution in [0.4, 0.5) is 0 Å². The highest BCUT2D eigenvalue weighted by Crippen LogP contribution is 2.31. The number of rotatable bonds is 5. The Bertz CT molecular complexity index is 467. The molecule has 0 aromatic heterocycles. The average Bonchev–Trinajstić information content (AvgIpc) is 3.38. The Kier molecular flexibility index (Phi) is 4.56. The lowest BCUT2D eigenvalue weighted by Crippen LogP contribution is -2.44. The van der Waals surface area contributed by atoms with E-state index in [9.17, 15) is 9.90 Å². The van der Waals surface area contributed by atoms with E-state index in [2.05, 4.69) is 5.32 Å². The highest BCUT2D eigenvalue weighted by atomic mass is 16.3. The molecular weight excluding hydrogens is 264 g/mol. The Hall–Kier alpha value is -1.39. The molecule has 21 heavy (non-hydrogen) atoms. The summed E-state index contributed by atoms with van der Waals surface area (Å²) in [4.78, 5) is 14.6. The SMILES string of the molecule is O=C(C(O)c1ccccc1)N(CC1CCCNC1)C1CC1. The number of amides is 1. The van der Waals surface area contributed by atoms with Crippen LogP contribution in [0.5, 0.6) is 0 Å². The maximum atomic E-state index is 12.7. The van der Waals surface area contributed by atoms with Crippen molar-refractivity contribution in [1.82, 2.24) is 10.2 Å². The molecule has 0 bridgehead atoms. The first-order chi connectivity index (χ1) is 10.3. The van der Waals surface area contributed by atoms with Gasteiger partial charge in [0.1, 0.15) is 0 Å². The number of hydrogen-bond donors (Lipinski definition) is 2. The second-order valence-electron chi connectivity index (χ2n) is 6.25. The summed E-state index contributed by atoms with van der Waals surface area (Å²) < 4.78 is 0. The summed E-state index contributed by atoms with van der Waals surface area (Å²) in [6.45, 7) is 2.85. The molecule has 0 spiro atoms. The van der Waals surface area contributed by atoms with Crippen LogP contribution in [-0.2, 0) is 4.79 Å². The number of nitrogens with one attached hydrogen (secondary N) is 1. The molecule has 1 aliphatic heterocycles. The van der Waals surface area contributed by atoms with Crippen LogP contribution in [0.25, 0.3) is 0 Å². The number of nitrogens with zero attached hydrogens (tertiary/aromatic N) is 1. The van der Waals surface area contributed by atoms with E-state index in [0.29, 0.717) is 17.5 Å². The summed E-state index contributed by atoms with van der Waals surface area (Å²) in [6.07, 6.45) is 3.48. The molecule has 1 aromatic rings. The Morgan fingerprint density at radius 2 is 2.05 bits per heavy atom. The maximum absolute atomic E-state index is 12.7. The first-order valence-electron chi connectivity index (χ1n) is 8.00. The zero-order chi connectivity index (χ0) is 14.7. The van der Waals surface area contributed by atoms with Crippen molar-refractivity contribution in [1.29, 1.82) is 0 Å². The second kappa shape index (κ2) is 6.58. The molecule has 1 heterocycles. The lowest BCUT2D eigenvalue weighted by molar-refractivity contribution is -0.142. The fourth-order valence-corrected chi connectivity index (χ4v) is 3.10. The van der Waals surface area contributed by atoms with Gasteiger partial charge in [-0.05, 0) is 50.3 Å². The molecule has 2 unspecified atom stereocenters. The van der Waals surface area contributed by atoms with E-state index >= 15 is 0 Å².